The highest BCUT2D eigenvalue weighted by molar-refractivity contribution is 6.30. The number of carboxylic acid groups (broad SMARTS) is 1. The number of fused-ring (bicyclic) bond motifs is 1. The number of aliphatic carboxylic acids is 1. The minimum absolute atomic E-state index is 0.00685. The van der Waals surface area contributed by atoms with E-state index in [4.69, 9.17) is 32.7 Å². The van der Waals surface area contributed by atoms with Crippen LogP contribution < -0.4 is 0 Å². The number of carbonyl (C=O) groups excluding carboxylic acids is 1. The molecule has 6 nitrogen and oxygen atoms in total. The summed E-state index contributed by atoms with van der Waals surface area (Å²) in [5.74, 6) is -3.37. The summed E-state index contributed by atoms with van der Waals surface area (Å²) >= 11 is 12.3. The minimum Gasteiger partial charge on any atom is -0.481 e. The van der Waals surface area contributed by atoms with Gasteiger partial charge in [-0.3, -0.25) is 14.5 Å². The molecule has 0 saturated carbocycles. The Morgan fingerprint density at radius 1 is 1.10 bits per heavy atom. The number of nitrogens with zero attached hydrogens (tertiary/aromatic N) is 1. The molecule has 0 spiro atoms. The molecule has 3 aromatic carbocycles. The number of amides is 1. The van der Waals surface area contributed by atoms with Gasteiger partial charge in [0.05, 0.1) is 23.1 Å². The van der Waals surface area contributed by atoms with Crippen LogP contribution in [0.2, 0.25) is 10.0 Å². The molecular weight excluding hydrogens is 568 g/mol. The van der Waals surface area contributed by atoms with Gasteiger partial charge in [-0.15, -0.1) is 0 Å². The summed E-state index contributed by atoms with van der Waals surface area (Å²) in [5.41, 5.74) is 0.459. The van der Waals surface area contributed by atoms with Gasteiger partial charge in [0.15, 0.2) is 5.72 Å². The summed E-state index contributed by atoms with van der Waals surface area (Å²) in [6.45, 7) is 6.92. The average Bonchev–Trinajstić information content (AvgIpc) is 3.23. The predicted octanol–water partition coefficient (Wildman–Crippen LogP) is 7.34. The molecule has 9 heteroatoms. The first kappa shape index (κ1) is 29.3. The average molecular weight is 598 g/mol. The first-order chi connectivity index (χ1) is 19.6. The van der Waals surface area contributed by atoms with Crippen LogP contribution in [0.15, 0.2) is 67.2 Å². The van der Waals surface area contributed by atoms with Crippen LogP contribution in [0.4, 0.5) is 4.39 Å². The van der Waals surface area contributed by atoms with E-state index in [-0.39, 0.29) is 17.0 Å². The number of carbonyl (C=O) groups is 2. The van der Waals surface area contributed by atoms with Crippen molar-refractivity contribution in [1.29, 1.82) is 0 Å². The molecule has 3 atom stereocenters. The number of hydrogen-bond donors (Lipinski definition) is 1. The highest BCUT2D eigenvalue weighted by atomic mass is 35.5. The van der Waals surface area contributed by atoms with Gasteiger partial charge in [-0.1, -0.05) is 54.0 Å². The summed E-state index contributed by atoms with van der Waals surface area (Å²) in [6, 6.07) is 15.1. The van der Waals surface area contributed by atoms with E-state index in [0.717, 1.165) is 18.4 Å². The lowest BCUT2D eigenvalue weighted by molar-refractivity contribution is -0.149. The number of halogens is 3. The SMILES string of the molecule is C=C(c1cc(F)c2c(c1)C(=O)N([C@H](c1ccc(Cl)cc1)[C@H](C)C(=O)O)C2(OC)c1ccc(Cl)cc1)C1CCOCC1. The fourth-order valence-electron chi connectivity index (χ4n) is 6.04. The molecule has 1 fully saturated rings. The summed E-state index contributed by atoms with van der Waals surface area (Å²) in [4.78, 5) is 28.3. The van der Waals surface area contributed by atoms with E-state index >= 15 is 4.39 Å². The molecule has 2 heterocycles. The molecule has 214 valence electrons. The first-order valence-corrected chi connectivity index (χ1v) is 14.1. The number of allylic oxidation sites excluding steroid dienone is 1. The smallest absolute Gasteiger partial charge is 0.308 e. The summed E-state index contributed by atoms with van der Waals surface area (Å²) in [5, 5.41) is 11.1. The minimum atomic E-state index is -1.80. The van der Waals surface area contributed by atoms with Gasteiger partial charge in [0.1, 0.15) is 5.82 Å². The van der Waals surface area contributed by atoms with Crippen LogP contribution in [0.1, 0.15) is 58.4 Å². The van der Waals surface area contributed by atoms with E-state index in [1.807, 2.05) is 0 Å². The van der Waals surface area contributed by atoms with Crippen LogP contribution in [-0.4, -0.2) is 42.2 Å². The molecule has 3 aromatic rings. The van der Waals surface area contributed by atoms with E-state index < -0.39 is 35.4 Å². The van der Waals surface area contributed by atoms with Crippen molar-refractivity contribution >= 4 is 40.7 Å². The largest absolute Gasteiger partial charge is 0.481 e. The van der Waals surface area contributed by atoms with Crippen molar-refractivity contribution in [3.8, 4) is 0 Å². The van der Waals surface area contributed by atoms with Crippen LogP contribution in [-0.2, 0) is 20.0 Å². The maximum atomic E-state index is 16.5. The van der Waals surface area contributed by atoms with Crippen molar-refractivity contribution < 1.29 is 28.6 Å². The zero-order valence-electron chi connectivity index (χ0n) is 22.7. The quantitative estimate of drug-likeness (QED) is 0.294. The normalized spacial score (nSPS) is 20.5. The third-order valence-electron chi connectivity index (χ3n) is 8.19. The van der Waals surface area contributed by atoms with Crippen LogP contribution in [0.5, 0.6) is 0 Å². The van der Waals surface area contributed by atoms with Crippen LogP contribution in [0.3, 0.4) is 0 Å². The number of ether oxygens (including phenoxy) is 2. The monoisotopic (exact) mass is 597 g/mol. The van der Waals surface area contributed by atoms with Gasteiger partial charge in [-0.05, 0) is 78.8 Å². The predicted molar refractivity (Wildman–Crippen MR) is 155 cm³/mol. The number of carboxylic acids is 1. The topological polar surface area (TPSA) is 76.1 Å². The molecule has 0 aliphatic carbocycles. The van der Waals surface area contributed by atoms with Crippen LogP contribution in [0.25, 0.3) is 5.57 Å². The zero-order valence-corrected chi connectivity index (χ0v) is 24.2. The van der Waals surface area contributed by atoms with E-state index in [2.05, 4.69) is 6.58 Å². The first-order valence-electron chi connectivity index (χ1n) is 13.3. The van der Waals surface area contributed by atoms with Gasteiger partial charge in [-0.25, -0.2) is 4.39 Å². The highest BCUT2D eigenvalue weighted by Gasteiger charge is 2.57. The van der Waals surface area contributed by atoms with Crippen molar-refractivity contribution in [3.63, 3.8) is 0 Å². The van der Waals surface area contributed by atoms with Crippen molar-refractivity contribution in [2.45, 2.75) is 31.5 Å². The van der Waals surface area contributed by atoms with Gasteiger partial charge in [-0.2, -0.15) is 0 Å². The molecule has 1 saturated heterocycles. The molecule has 0 aromatic heterocycles. The van der Waals surface area contributed by atoms with Crippen molar-refractivity contribution in [1.82, 2.24) is 4.90 Å². The summed E-state index contributed by atoms with van der Waals surface area (Å²) in [6.07, 6.45) is 1.50. The lowest BCUT2D eigenvalue weighted by Gasteiger charge is -2.44. The molecule has 1 unspecified atom stereocenters. The van der Waals surface area contributed by atoms with Crippen molar-refractivity contribution in [2.75, 3.05) is 20.3 Å². The fourth-order valence-corrected chi connectivity index (χ4v) is 6.29. The Morgan fingerprint density at radius 3 is 2.24 bits per heavy atom. The number of benzene rings is 3. The molecule has 0 bridgehead atoms. The second-order valence-corrected chi connectivity index (χ2v) is 11.3. The van der Waals surface area contributed by atoms with E-state index in [0.29, 0.717) is 39.9 Å². The Morgan fingerprint density at radius 2 is 1.68 bits per heavy atom. The van der Waals surface area contributed by atoms with Gasteiger partial charge in [0.2, 0.25) is 0 Å². The van der Waals surface area contributed by atoms with E-state index in [1.54, 1.807) is 54.6 Å². The van der Waals surface area contributed by atoms with Gasteiger partial charge < -0.3 is 14.6 Å². The molecule has 2 aliphatic heterocycles. The number of methoxy groups -OCH3 is 1. The molecular formula is C32H30Cl2FNO5. The van der Waals surface area contributed by atoms with Gasteiger partial charge in [0, 0.05) is 35.9 Å². The molecule has 0 radical (unpaired) electrons. The standard InChI is InChI=1S/C32H30Cl2FNO5/c1-18(20-12-14-41-15-13-20)22-16-26-28(27(35)17-22)32(40-3,23-6-10-25(34)11-7-23)36(30(26)37)29(19(2)31(38)39)21-4-8-24(33)9-5-21/h4-11,16-17,19-20,29H,1,12-15H2,2-3H3,(H,38,39)/t19-,29-,32?/m0/s1. The van der Waals surface area contributed by atoms with Crippen molar-refractivity contribution in [3.05, 3.63) is 111 Å². The molecule has 5 rings (SSSR count). The van der Waals surface area contributed by atoms with Crippen LogP contribution in [0, 0.1) is 17.7 Å². The van der Waals surface area contributed by atoms with Gasteiger partial charge in [0.25, 0.3) is 5.91 Å². The zero-order chi connectivity index (χ0) is 29.5. The molecule has 2 aliphatic rings. The number of hydrogen-bond acceptors (Lipinski definition) is 4. The molecule has 1 amide bonds. The fraction of sp³-hybridized carbons (Fsp3) is 0.312. The maximum Gasteiger partial charge on any atom is 0.308 e. The Kier molecular flexibility index (Phi) is 8.26. The third kappa shape index (κ3) is 5.06. The molecule has 1 N–H and O–H groups in total. The van der Waals surface area contributed by atoms with Crippen LogP contribution >= 0.6 is 23.2 Å². The lowest BCUT2D eigenvalue weighted by Crippen LogP contribution is -2.51. The lowest BCUT2D eigenvalue weighted by atomic mass is 9.85. The summed E-state index contributed by atoms with van der Waals surface area (Å²) < 4.78 is 28.1. The van der Waals surface area contributed by atoms with E-state index in [9.17, 15) is 14.7 Å². The van der Waals surface area contributed by atoms with E-state index in [1.165, 1.54) is 25.0 Å². The highest BCUT2D eigenvalue weighted by Crippen LogP contribution is 2.52. The second-order valence-electron chi connectivity index (χ2n) is 10.4. The molecule has 41 heavy (non-hydrogen) atoms. The maximum absolute atomic E-state index is 16.5. The summed E-state index contributed by atoms with van der Waals surface area (Å²) in [7, 11) is 1.38. The van der Waals surface area contributed by atoms with Gasteiger partial charge >= 0.3 is 5.97 Å². The van der Waals surface area contributed by atoms with Crippen molar-refractivity contribution in [2.24, 2.45) is 11.8 Å². The Balaban J connectivity index is 1.76. The Bertz CT molecular complexity index is 1490. The third-order valence-corrected chi connectivity index (χ3v) is 8.69. The Labute approximate surface area is 248 Å². The Hall–Kier alpha value is -3.23. The second kappa shape index (κ2) is 11.6. The number of rotatable bonds is 8.